The van der Waals surface area contributed by atoms with Crippen LogP contribution in [0.2, 0.25) is 0 Å². The fourth-order valence-corrected chi connectivity index (χ4v) is 2.36. The minimum atomic E-state index is -0.526. The number of carbonyl (C=O) groups excluding carboxylic acids is 1. The van der Waals surface area contributed by atoms with Gasteiger partial charge in [0, 0.05) is 18.7 Å². The van der Waals surface area contributed by atoms with Gasteiger partial charge in [0.25, 0.3) is 0 Å². The molecular formula is C14H20N4O2S. The molecule has 2 aromatic heterocycles. The highest BCUT2D eigenvalue weighted by Gasteiger charge is 2.17. The molecule has 3 N–H and O–H groups in total. The maximum absolute atomic E-state index is 11.7. The Morgan fingerprint density at radius 2 is 2.24 bits per heavy atom. The second-order valence-corrected chi connectivity index (χ2v) is 6.41. The molecule has 0 bridgehead atoms. The molecule has 0 unspecified atom stereocenters. The van der Waals surface area contributed by atoms with Crippen molar-refractivity contribution in [2.45, 2.75) is 39.5 Å². The summed E-state index contributed by atoms with van der Waals surface area (Å²) in [4.78, 5) is 11.7. The van der Waals surface area contributed by atoms with Crippen molar-refractivity contribution in [1.82, 2.24) is 15.5 Å². The molecule has 1 amide bonds. The van der Waals surface area contributed by atoms with E-state index in [4.69, 9.17) is 4.74 Å². The van der Waals surface area contributed by atoms with Gasteiger partial charge in [0.1, 0.15) is 11.4 Å². The van der Waals surface area contributed by atoms with Crippen molar-refractivity contribution in [2.24, 2.45) is 0 Å². The number of carbonyl (C=O) groups is 1. The molecule has 2 heterocycles. The molecule has 0 aromatic carbocycles. The quantitative estimate of drug-likeness (QED) is 0.793. The number of nitrogens with zero attached hydrogens (tertiary/aromatic N) is 1. The number of hydrogen-bond donors (Lipinski definition) is 3. The van der Waals surface area contributed by atoms with Crippen molar-refractivity contribution in [3.63, 3.8) is 0 Å². The molecule has 0 aliphatic rings. The van der Waals surface area contributed by atoms with Crippen LogP contribution in [0.4, 0.5) is 10.6 Å². The second-order valence-electron chi connectivity index (χ2n) is 5.63. The van der Waals surface area contributed by atoms with Gasteiger partial charge in [-0.25, -0.2) is 4.79 Å². The molecule has 0 aliphatic carbocycles. The van der Waals surface area contributed by atoms with Gasteiger partial charge in [0.2, 0.25) is 0 Å². The average molecular weight is 308 g/mol. The number of H-pyrrole nitrogens is 1. The smallest absolute Gasteiger partial charge is 0.413 e. The van der Waals surface area contributed by atoms with Gasteiger partial charge in [0.15, 0.2) is 0 Å². The summed E-state index contributed by atoms with van der Waals surface area (Å²) in [5.41, 5.74) is 1.60. The van der Waals surface area contributed by atoms with Crippen LogP contribution in [0.25, 0.3) is 0 Å². The van der Waals surface area contributed by atoms with Crippen LogP contribution >= 0.6 is 11.3 Å². The number of aromatic amines is 1. The van der Waals surface area contributed by atoms with Crippen LogP contribution in [0.15, 0.2) is 23.0 Å². The van der Waals surface area contributed by atoms with Crippen LogP contribution < -0.4 is 10.6 Å². The fraction of sp³-hybridized carbons (Fsp3) is 0.429. The van der Waals surface area contributed by atoms with Gasteiger partial charge in [-0.15, -0.1) is 0 Å². The molecule has 21 heavy (non-hydrogen) atoms. The van der Waals surface area contributed by atoms with Crippen molar-refractivity contribution < 1.29 is 9.53 Å². The molecule has 0 aliphatic heterocycles. The predicted molar refractivity (Wildman–Crippen MR) is 83.3 cm³/mol. The SMILES string of the molecule is CC(C)(C)OC(=O)Nc1[nH]ncc1CNCc1ccsc1. The van der Waals surface area contributed by atoms with Gasteiger partial charge in [0.05, 0.1) is 6.20 Å². The number of anilines is 1. The molecule has 2 rings (SSSR count). The van der Waals surface area contributed by atoms with Crippen LogP contribution in [0, 0.1) is 0 Å². The number of hydrogen-bond acceptors (Lipinski definition) is 5. The van der Waals surface area contributed by atoms with Crippen LogP contribution in [-0.4, -0.2) is 21.9 Å². The molecule has 0 saturated carbocycles. The standard InChI is InChI=1S/C14H20N4O2S/c1-14(2,3)20-13(19)17-12-11(8-16-18-12)7-15-6-10-4-5-21-9-10/h4-5,8-9,15H,6-7H2,1-3H3,(H2,16,17,18,19). The van der Waals surface area contributed by atoms with Crippen molar-refractivity contribution in [2.75, 3.05) is 5.32 Å². The summed E-state index contributed by atoms with van der Waals surface area (Å²) in [6, 6.07) is 2.08. The zero-order valence-corrected chi connectivity index (χ0v) is 13.2. The van der Waals surface area contributed by atoms with Crippen LogP contribution in [0.5, 0.6) is 0 Å². The Balaban J connectivity index is 1.85. The number of ether oxygens (including phenoxy) is 1. The first-order chi connectivity index (χ1) is 9.94. The first-order valence-corrected chi connectivity index (χ1v) is 7.62. The van der Waals surface area contributed by atoms with Gasteiger partial charge in [-0.3, -0.25) is 10.4 Å². The van der Waals surface area contributed by atoms with Crippen LogP contribution in [-0.2, 0) is 17.8 Å². The summed E-state index contributed by atoms with van der Waals surface area (Å²) >= 11 is 1.67. The Morgan fingerprint density at radius 1 is 1.43 bits per heavy atom. The predicted octanol–water partition coefficient (Wildman–Crippen LogP) is 3.11. The largest absolute Gasteiger partial charge is 0.444 e. The van der Waals surface area contributed by atoms with E-state index in [9.17, 15) is 4.79 Å². The van der Waals surface area contributed by atoms with E-state index in [-0.39, 0.29) is 0 Å². The maximum atomic E-state index is 11.7. The molecule has 0 atom stereocenters. The Labute approximate surface area is 127 Å². The minimum absolute atomic E-state index is 0.495. The Kier molecular flexibility index (Phi) is 4.98. The lowest BCUT2D eigenvalue weighted by Crippen LogP contribution is -2.27. The minimum Gasteiger partial charge on any atom is -0.444 e. The Bertz CT molecular complexity index is 572. The summed E-state index contributed by atoms with van der Waals surface area (Å²) in [7, 11) is 0. The molecule has 114 valence electrons. The normalized spacial score (nSPS) is 11.4. The van der Waals surface area contributed by atoms with Gasteiger partial charge < -0.3 is 10.1 Å². The highest BCUT2D eigenvalue weighted by Crippen LogP contribution is 2.14. The third-order valence-electron chi connectivity index (χ3n) is 2.57. The molecule has 6 nitrogen and oxygen atoms in total. The summed E-state index contributed by atoms with van der Waals surface area (Å²) in [5, 5.41) is 16.8. The third-order valence-corrected chi connectivity index (χ3v) is 3.30. The third kappa shape index (κ3) is 5.20. The first kappa shape index (κ1) is 15.5. The van der Waals surface area contributed by atoms with Crippen LogP contribution in [0.1, 0.15) is 31.9 Å². The van der Waals surface area contributed by atoms with Gasteiger partial charge in [-0.1, -0.05) is 0 Å². The maximum Gasteiger partial charge on any atom is 0.413 e. The zero-order chi connectivity index (χ0) is 15.3. The number of rotatable bonds is 5. The molecule has 7 heteroatoms. The topological polar surface area (TPSA) is 79.0 Å². The van der Waals surface area contributed by atoms with Crippen molar-refractivity contribution >= 4 is 23.2 Å². The van der Waals surface area contributed by atoms with Gasteiger partial charge in [-0.2, -0.15) is 16.4 Å². The first-order valence-electron chi connectivity index (χ1n) is 6.68. The molecule has 0 fully saturated rings. The summed E-state index contributed by atoms with van der Waals surface area (Å²) in [6.07, 6.45) is 1.19. The van der Waals surface area contributed by atoms with Gasteiger partial charge in [-0.05, 0) is 43.2 Å². The average Bonchev–Trinajstić information content (AvgIpc) is 2.99. The van der Waals surface area contributed by atoms with Crippen LogP contribution in [0.3, 0.4) is 0 Å². The molecule has 0 spiro atoms. The lowest BCUT2D eigenvalue weighted by molar-refractivity contribution is 0.0635. The van der Waals surface area contributed by atoms with E-state index in [1.54, 1.807) is 17.5 Å². The van der Waals surface area contributed by atoms with Crippen molar-refractivity contribution in [1.29, 1.82) is 0 Å². The number of nitrogens with one attached hydrogen (secondary N) is 3. The lowest BCUT2D eigenvalue weighted by Gasteiger charge is -2.19. The monoisotopic (exact) mass is 308 g/mol. The molecule has 2 aromatic rings. The Morgan fingerprint density at radius 3 is 2.90 bits per heavy atom. The Hall–Kier alpha value is -1.86. The number of amides is 1. The van der Waals surface area contributed by atoms with E-state index in [0.717, 1.165) is 12.1 Å². The summed E-state index contributed by atoms with van der Waals surface area (Å²) < 4.78 is 5.21. The van der Waals surface area contributed by atoms with E-state index in [1.165, 1.54) is 5.56 Å². The second kappa shape index (κ2) is 6.73. The highest BCUT2D eigenvalue weighted by molar-refractivity contribution is 7.07. The van der Waals surface area contributed by atoms with E-state index >= 15 is 0 Å². The van der Waals surface area contributed by atoms with E-state index in [2.05, 4.69) is 32.3 Å². The molecular weight excluding hydrogens is 288 g/mol. The van der Waals surface area contributed by atoms with Crippen molar-refractivity contribution in [3.8, 4) is 0 Å². The number of thiophene rings is 1. The van der Waals surface area contributed by atoms with Crippen molar-refractivity contribution in [3.05, 3.63) is 34.2 Å². The van der Waals surface area contributed by atoms with Gasteiger partial charge >= 0.3 is 6.09 Å². The number of aromatic nitrogens is 2. The highest BCUT2D eigenvalue weighted by atomic mass is 32.1. The lowest BCUT2D eigenvalue weighted by atomic mass is 10.2. The van der Waals surface area contributed by atoms with E-state index in [1.807, 2.05) is 26.2 Å². The molecule has 0 radical (unpaired) electrons. The zero-order valence-electron chi connectivity index (χ0n) is 12.4. The fourth-order valence-electron chi connectivity index (χ4n) is 1.69. The van der Waals surface area contributed by atoms with E-state index in [0.29, 0.717) is 12.4 Å². The molecule has 0 saturated heterocycles. The van der Waals surface area contributed by atoms with E-state index < -0.39 is 11.7 Å². The summed E-state index contributed by atoms with van der Waals surface area (Å²) in [5.74, 6) is 0.557. The summed E-state index contributed by atoms with van der Waals surface area (Å²) in [6.45, 7) is 6.85.